The molecule has 1 rings (SSSR count). The molecule has 0 amide bonds. The molecule has 74 valence electrons. The highest BCUT2D eigenvalue weighted by Crippen LogP contribution is 2.25. The van der Waals surface area contributed by atoms with E-state index in [1.807, 2.05) is 24.3 Å². The van der Waals surface area contributed by atoms with Crippen molar-refractivity contribution >= 4 is 5.69 Å². The first-order chi connectivity index (χ1) is 6.81. The van der Waals surface area contributed by atoms with Crippen molar-refractivity contribution in [3.8, 4) is 11.8 Å². The van der Waals surface area contributed by atoms with Gasteiger partial charge >= 0.3 is 0 Å². The van der Waals surface area contributed by atoms with Crippen LogP contribution in [0, 0.1) is 11.3 Å². The second kappa shape index (κ2) is 5.13. The van der Waals surface area contributed by atoms with E-state index < -0.39 is 0 Å². The molecule has 0 fully saturated rings. The number of nitrogens with zero attached hydrogens (tertiary/aromatic N) is 1. The molecule has 0 atom stereocenters. The van der Waals surface area contributed by atoms with E-state index in [-0.39, 0.29) is 0 Å². The van der Waals surface area contributed by atoms with Crippen molar-refractivity contribution in [3.05, 3.63) is 23.8 Å². The fourth-order valence-corrected chi connectivity index (χ4v) is 1.25. The van der Waals surface area contributed by atoms with Gasteiger partial charge in [0.1, 0.15) is 12.3 Å². The fraction of sp³-hybridized carbons (Fsp3) is 0.364. The summed E-state index contributed by atoms with van der Waals surface area (Å²) in [5.41, 5.74) is 2.11. The average molecular weight is 190 g/mol. The number of nitrogens with one attached hydrogen (secondary N) is 1. The minimum absolute atomic E-state index is 0.295. The molecule has 1 N–H and O–H groups in total. The van der Waals surface area contributed by atoms with Gasteiger partial charge in [-0.3, -0.25) is 0 Å². The molecule has 0 spiro atoms. The first kappa shape index (κ1) is 10.4. The number of anilines is 1. The van der Waals surface area contributed by atoms with Crippen LogP contribution in [-0.4, -0.2) is 13.7 Å². The Kier molecular flexibility index (Phi) is 3.81. The predicted molar refractivity (Wildman–Crippen MR) is 56.5 cm³/mol. The van der Waals surface area contributed by atoms with E-state index in [9.17, 15) is 0 Å². The highest BCUT2D eigenvalue weighted by molar-refractivity contribution is 5.58. The van der Waals surface area contributed by atoms with Gasteiger partial charge in [-0.05, 0) is 24.1 Å². The molecule has 0 aliphatic rings. The van der Waals surface area contributed by atoms with Gasteiger partial charge < -0.3 is 10.1 Å². The van der Waals surface area contributed by atoms with E-state index in [0.717, 1.165) is 17.9 Å². The number of hydrogen-bond donors (Lipinski definition) is 1. The van der Waals surface area contributed by atoms with E-state index in [1.165, 1.54) is 5.56 Å². The van der Waals surface area contributed by atoms with Gasteiger partial charge in [0, 0.05) is 0 Å². The average Bonchev–Trinajstić information content (AvgIpc) is 2.25. The van der Waals surface area contributed by atoms with Crippen LogP contribution in [-0.2, 0) is 6.42 Å². The number of aryl methyl sites for hydroxylation is 1. The molecule has 0 saturated carbocycles. The summed E-state index contributed by atoms with van der Waals surface area (Å²) in [5.74, 6) is 0.775. The van der Waals surface area contributed by atoms with Crippen molar-refractivity contribution in [2.75, 3.05) is 19.0 Å². The van der Waals surface area contributed by atoms with E-state index in [1.54, 1.807) is 7.11 Å². The summed E-state index contributed by atoms with van der Waals surface area (Å²) < 4.78 is 5.17. The summed E-state index contributed by atoms with van der Waals surface area (Å²) in [4.78, 5) is 0. The maximum atomic E-state index is 8.46. The molecule has 0 unspecified atom stereocenters. The SMILES string of the molecule is CCc1ccc(OC)c(NCC#N)c1. The van der Waals surface area contributed by atoms with Crippen LogP contribution in [0.2, 0.25) is 0 Å². The van der Waals surface area contributed by atoms with Crippen LogP contribution in [0.3, 0.4) is 0 Å². The minimum atomic E-state index is 0.295. The van der Waals surface area contributed by atoms with Crippen LogP contribution in [0.4, 0.5) is 5.69 Å². The summed E-state index contributed by atoms with van der Waals surface area (Å²) in [6.07, 6.45) is 0.977. The summed E-state index contributed by atoms with van der Waals surface area (Å²) in [6.45, 7) is 2.39. The van der Waals surface area contributed by atoms with Crippen molar-refractivity contribution in [1.82, 2.24) is 0 Å². The topological polar surface area (TPSA) is 45.0 Å². The Morgan fingerprint density at radius 3 is 2.86 bits per heavy atom. The van der Waals surface area contributed by atoms with E-state index in [2.05, 4.69) is 12.2 Å². The lowest BCUT2D eigenvalue weighted by molar-refractivity contribution is 0.416. The van der Waals surface area contributed by atoms with Crippen molar-refractivity contribution in [2.24, 2.45) is 0 Å². The molecule has 0 aromatic heterocycles. The van der Waals surface area contributed by atoms with Gasteiger partial charge in [-0.15, -0.1) is 0 Å². The number of rotatable bonds is 4. The third-order valence-corrected chi connectivity index (χ3v) is 2.03. The molecule has 0 aliphatic heterocycles. The lowest BCUT2D eigenvalue weighted by Gasteiger charge is -2.10. The standard InChI is InChI=1S/C11H14N2O/c1-3-9-4-5-11(14-2)10(8-9)13-7-6-12/h4-5,8,13H,3,7H2,1-2H3. The van der Waals surface area contributed by atoms with E-state index >= 15 is 0 Å². The smallest absolute Gasteiger partial charge is 0.141 e. The number of ether oxygens (including phenoxy) is 1. The van der Waals surface area contributed by atoms with Gasteiger partial charge in [0.15, 0.2) is 0 Å². The normalized spacial score (nSPS) is 9.21. The number of benzene rings is 1. The Morgan fingerprint density at radius 1 is 1.50 bits per heavy atom. The Hall–Kier alpha value is -1.69. The van der Waals surface area contributed by atoms with E-state index in [4.69, 9.17) is 10.00 Å². The predicted octanol–water partition coefficient (Wildman–Crippen LogP) is 2.19. The highest BCUT2D eigenvalue weighted by Gasteiger charge is 2.02. The van der Waals surface area contributed by atoms with Crippen LogP contribution in [0.1, 0.15) is 12.5 Å². The lowest BCUT2D eigenvalue weighted by atomic mass is 10.1. The zero-order valence-electron chi connectivity index (χ0n) is 8.50. The minimum Gasteiger partial charge on any atom is -0.495 e. The maximum Gasteiger partial charge on any atom is 0.141 e. The second-order valence-corrected chi connectivity index (χ2v) is 2.90. The molecule has 3 nitrogen and oxygen atoms in total. The van der Waals surface area contributed by atoms with Crippen LogP contribution in [0.5, 0.6) is 5.75 Å². The molecular weight excluding hydrogens is 176 g/mol. The van der Waals surface area contributed by atoms with Gasteiger partial charge in [-0.1, -0.05) is 13.0 Å². The molecular formula is C11H14N2O. The van der Waals surface area contributed by atoms with Crippen molar-refractivity contribution in [1.29, 1.82) is 5.26 Å². The summed E-state index contributed by atoms with van der Waals surface area (Å²) in [5, 5.41) is 11.5. The van der Waals surface area contributed by atoms with Gasteiger partial charge in [0.05, 0.1) is 18.9 Å². The molecule has 0 aliphatic carbocycles. The fourth-order valence-electron chi connectivity index (χ4n) is 1.25. The maximum absolute atomic E-state index is 8.46. The third kappa shape index (κ3) is 2.40. The molecule has 14 heavy (non-hydrogen) atoms. The van der Waals surface area contributed by atoms with Gasteiger partial charge in [-0.2, -0.15) is 5.26 Å². The van der Waals surface area contributed by atoms with Gasteiger partial charge in [-0.25, -0.2) is 0 Å². The van der Waals surface area contributed by atoms with Crippen molar-refractivity contribution in [2.45, 2.75) is 13.3 Å². The van der Waals surface area contributed by atoms with Crippen LogP contribution in [0.15, 0.2) is 18.2 Å². The number of nitriles is 1. The van der Waals surface area contributed by atoms with Crippen LogP contribution >= 0.6 is 0 Å². The van der Waals surface area contributed by atoms with Crippen LogP contribution in [0.25, 0.3) is 0 Å². The molecule has 3 heteroatoms. The number of methoxy groups -OCH3 is 1. The van der Waals surface area contributed by atoms with Gasteiger partial charge in [0.25, 0.3) is 0 Å². The van der Waals surface area contributed by atoms with Crippen molar-refractivity contribution in [3.63, 3.8) is 0 Å². The molecule has 0 saturated heterocycles. The lowest BCUT2D eigenvalue weighted by Crippen LogP contribution is -2.01. The summed E-state index contributed by atoms with van der Waals surface area (Å²) in [7, 11) is 1.62. The third-order valence-electron chi connectivity index (χ3n) is 2.03. The molecule has 1 aromatic carbocycles. The number of hydrogen-bond acceptors (Lipinski definition) is 3. The van der Waals surface area contributed by atoms with E-state index in [0.29, 0.717) is 6.54 Å². The Morgan fingerprint density at radius 2 is 2.29 bits per heavy atom. The second-order valence-electron chi connectivity index (χ2n) is 2.90. The van der Waals surface area contributed by atoms with Crippen LogP contribution < -0.4 is 10.1 Å². The first-order valence-electron chi connectivity index (χ1n) is 4.59. The molecule has 1 aromatic rings. The zero-order valence-corrected chi connectivity index (χ0v) is 8.50. The largest absolute Gasteiger partial charge is 0.495 e. The Labute approximate surface area is 84.3 Å². The monoisotopic (exact) mass is 190 g/mol. The Balaban J connectivity index is 2.91. The summed E-state index contributed by atoms with van der Waals surface area (Å²) in [6, 6.07) is 7.99. The molecule has 0 bridgehead atoms. The first-order valence-corrected chi connectivity index (χ1v) is 4.59. The van der Waals surface area contributed by atoms with Gasteiger partial charge in [0.2, 0.25) is 0 Å². The summed E-state index contributed by atoms with van der Waals surface area (Å²) >= 11 is 0. The zero-order chi connectivity index (χ0) is 10.4. The highest BCUT2D eigenvalue weighted by atomic mass is 16.5. The Bertz CT molecular complexity index is 342. The molecule has 0 heterocycles. The quantitative estimate of drug-likeness (QED) is 0.740. The molecule has 0 radical (unpaired) electrons. The van der Waals surface area contributed by atoms with Crippen molar-refractivity contribution < 1.29 is 4.74 Å².